The number of aryl methyl sites for hydroxylation is 1. The van der Waals surface area contributed by atoms with E-state index in [1.165, 1.54) is 11.3 Å². The van der Waals surface area contributed by atoms with Crippen LogP contribution in [0.4, 0.5) is 0 Å². The summed E-state index contributed by atoms with van der Waals surface area (Å²) >= 11 is 1.51. The Morgan fingerprint density at radius 3 is 3.06 bits per heavy atom. The first-order valence-electron chi connectivity index (χ1n) is 5.50. The third kappa shape index (κ3) is 2.32. The van der Waals surface area contributed by atoms with E-state index in [0.29, 0.717) is 12.1 Å². The minimum atomic E-state index is -0.235. The molecule has 0 fully saturated rings. The predicted octanol–water partition coefficient (Wildman–Crippen LogP) is 1.20. The lowest BCUT2D eigenvalue weighted by Gasteiger charge is -2.12. The lowest BCUT2D eigenvalue weighted by atomic mass is 10.2. The number of carbonyl (C=O) groups excluding carboxylic acids is 1. The first-order chi connectivity index (χ1) is 8.15. The molecule has 17 heavy (non-hydrogen) atoms. The highest BCUT2D eigenvalue weighted by Gasteiger charge is 2.15. The van der Waals surface area contributed by atoms with Crippen LogP contribution in [0.2, 0.25) is 0 Å². The van der Waals surface area contributed by atoms with Crippen molar-refractivity contribution in [3.8, 4) is 0 Å². The Hall–Kier alpha value is -1.40. The minimum absolute atomic E-state index is 0.0521. The van der Waals surface area contributed by atoms with Gasteiger partial charge in [0, 0.05) is 17.3 Å². The number of aliphatic hydroxyl groups excluding tert-OH is 1. The zero-order valence-electron chi connectivity index (χ0n) is 9.80. The van der Waals surface area contributed by atoms with Crippen molar-refractivity contribution in [1.29, 1.82) is 0 Å². The van der Waals surface area contributed by atoms with E-state index in [1.807, 2.05) is 23.6 Å². The normalized spacial score (nSPS) is 12.9. The topological polar surface area (TPSA) is 66.6 Å². The Labute approximate surface area is 103 Å². The summed E-state index contributed by atoms with van der Waals surface area (Å²) in [6.45, 7) is 3.83. The maximum atomic E-state index is 11.9. The van der Waals surface area contributed by atoms with Crippen molar-refractivity contribution in [2.24, 2.45) is 0 Å². The molecule has 2 aromatic rings. The summed E-state index contributed by atoms with van der Waals surface area (Å²) in [7, 11) is 0. The number of imidazole rings is 1. The summed E-state index contributed by atoms with van der Waals surface area (Å²) in [5.74, 6) is -0.235. The van der Waals surface area contributed by atoms with Gasteiger partial charge >= 0.3 is 0 Å². The van der Waals surface area contributed by atoms with Crippen molar-refractivity contribution in [3.05, 3.63) is 23.0 Å². The summed E-state index contributed by atoms with van der Waals surface area (Å²) in [4.78, 5) is 16.9. The minimum Gasteiger partial charge on any atom is -0.394 e. The van der Waals surface area contributed by atoms with Gasteiger partial charge in [0.25, 0.3) is 5.91 Å². The van der Waals surface area contributed by atoms with Crippen LogP contribution >= 0.6 is 11.3 Å². The maximum Gasteiger partial charge on any atom is 0.271 e. The van der Waals surface area contributed by atoms with Crippen LogP contribution in [-0.4, -0.2) is 33.0 Å². The van der Waals surface area contributed by atoms with Gasteiger partial charge in [-0.3, -0.25) is 9.20 Å². The molecule has 6 heteroatoms. The molecule has 0 aliphatic carbocycles. The molecule has 0 radical (unpaired) electrons. The lowest BCUT2D eigenvalue weighted by Crippen LogP contribution is -2.37. The van der Waals surface area contributed by atoms with Gasteiger partial charge in [-0.15, -0.1) is 11.3 Å². The fraction of sp³-hybridized carbons (Fsp3) is 0.455. The zero-order valence-corrected chi connectivity index (χ0v) is 10.6. The number of amides is 1. The van der Waals surface area contributed by atoms with Crippen LogP contribution in [0.3, 0.4) is 0 Å². The zero-order chi connectivity index (χ0) is 12.4. The van der Waals surface area contributed by atoms with Crippen molar-refractivity contribution < 1.29 is 9.90 Å². The summed E-state index contributed by atoms with van der Waals surface area (Å²) in [5, 5.41) is 13.8. The molecule has 2 heterocycles. The molecular formula is C11H15N3O2S. The van der Waals surface area contributed by atoms with Crippen LogP contribution < -0.4 is 5.32 Å². The second kappa shape index (κ2) is 4.85. The average molecular weight is 253 g/mol. The van der Waals surface area contributed by atoms with E-state index < -0.39 is 0 Å². The Bertz CT molecular complexity index is 528. The maximum absolute atomic E-state index is 11.9. The standard InChI is InChI=1S/C11H15N3O2S/c1-3-8(5-15)12-10(16)9-4-14-7(2)6-17-11(14)13-9/h4,6,8,15H,3,5H2,1-2H3,(H,12,16). The molecule has 2 aromatic heterocycles. The van der Waals surface area contributed by atoms with Gasteiger partial charge in [-0.2, -0.15) is 0 Å². The van der Waals surface area contributed by atoms with Gasteiger partial charge in [0.2, 0.25) is 0 Å². The van der Waals surface area contributed by atoms with Crippen LogP contribution in [0.1, 0.15) is 29.5 Å². The van der Waals surface area contributed by atoms with Crippen LogP contribution in [-0.2, 0) is 0 Å². The van der Waals surface area contributed by atoms with Gasteiger partial charge in [0.05, 0.1) is 12.6 Å². The number of fused-ring (bicyclic) bond motifs is 1. The molecule has 0 aliphatic rings. The van der Waals surface area contributed by atoms with Crippen molar-refractivity contribution in [1.82, 2.24) is 14.7 Å². The number of hydrogen-bond acceptors (Lipinski definition) is 4. The molecule has 0 spiro atoms. The van der Waals surface area contributed by atoms with E-state index in [1.54, 1.807) is 6.20 Å². The smallest absolute Gasteiger partial charge is 0.271 e. The van der Waals surface area contributed by atoms with Crippen LogP contribution in [0, 0.1) is 6.92 Å². The molecule has 92 valence electrons. The summed E-state index contributed by atoms with van der Waals surface area (Å²) in [6.07, 6.45) is 2.42. The molecule has 0 aromatic carbocycles. The van der Waals surface area contributed by atoms with Crippen LogP contribution in [0.5, 0.6) is 0 Å². The van der Waals surface area contributed by atoms with E-state index in [4.69, 9.17) is 5.11 Å². The number of aliphatic hydroxyl groups is 1. The predicted molar refractivity (Wildman–Crippen MR) is 66.4 cm³/mol. The second-order valence-electron chi connectivity index (χ2n) is 3.92. The number of nitrogens with one attached hydrogen (secondary N) is 1. The second-order valence-corrected chi connectivity index (χ2v) is 4.75. The van der Waals surface area contributed by atoms with E-state index >= 15 is 0 Å². The molecule has 2 rings (SSSR count). The first kappa shape index (κ1) is 12.1. The molecule has 0 bridgehead atoms. The molecule has 1 unspecified atom stereocenters. The molecule has 2 N–H and O–H groups in total. The highest BCUT2D eigenvalue weighted by atomic mass is 32.1. The number of thiazole rings is 1. The van der Waals surface area contributed by atoms with Gasteiger partial charge in [0.1, 0.15) is 5.69 Å². The molecule has 1 amide bonds. The molecule has 0 saturated carbocycles. The van der Waals surface area contributed by atoms with E-state index in [2.05, 4.69) is 10.3 Å². The first-order valence-corrected chi connectivity index (χ1v) is 6.38. The average Bonchev–Trinajstić information content (AvgIpc) is 2.89. The molecular weight excluding hydrogens is 238 g/mol. The third-order valence-corrected chi connectivity index (χ3v) is 3.63. The van der Waals surface area contributed by atoms with Crippen LogP contribution in [0.15, 0.2) is 11.6 Å². The van der Waals surface area contributed by atoms with E-state index in [9.17, 15) is 4.79 Å². The number of hydrogen-bond donors (Lipinski definition) is 2. The van der Waals surface area contributed by atoms with Gasteiger partial charge < -0.3 is 10.4 Å². The van der Waals surface area contributed by atoms with Gasteiger partial charge in [-0.05, 0) is 13.3 Å². The van der Waals surface area contributed by atoms with Crippen molar-refractivity contribution >= 4 is 22.2 Å². The summed E-state index contributed by atoms with van der Waals surface area (Å²) < 4.78 is 1.89. The Kier molecular flexibility index (Phi) is 3.44. The molecule has 0 aliphatic heterocycles. The van der Waals surface area contributed by atoms with Crippen molar-refractivity contribution in [2.45, 2.75) is 26.3 Å². The number of rotatable bonds is 4. The highest BCUT2D eigenvalue weighted by Crippen LogP contribution is 2.15. The number of nitrogens with zero attached hydrogens (tertiary/aromatic N) is 2. The van der Waals surface area contributed by atoms with E-state index in [0.717, 1.165) is 10.7 Å². The van der Waals surface area contributed by atoms with Gasteiger partial charge in [-0.1, -0.05) is 6.92 Å². The fourth-order valence-corrected chi connectivity index (χ4v) is 2.39. The highest BCUT2D eigenvalue weighted by molar-refractivity contribution is 7.15. The summed E-state index contributed by atoms with van der Waals surface area (Å²) in [6, 6.07) is -0.205. The third-order valence-electron chi connectivity index (χ3n) is 2.67. The molecule has 0 saturated heterocycles. The fourth-order valence-electron chi connectivity index (χ4n) is 1.54. The van der Waals surface area contributed by atoms with E-state index in [-0.39, 0.29) is 18.6 Å². The Morgan fingerprint density at radius 2 is 2.47 bits per heavy atom. The SMILES string of the molecule is CCC(CO)NC(=O)c1cn2c(C)csc2n1. The van der Waals surface area contributed by atoms with Crippen molar-refractivity contribution in [3.63, 3.8) is 0 Å². The molecule has 1 atom stereocenters. The van der Waals surface area contributed by atoms with Crippen LogP contribution in [0.25, 0.3) is 4.96 Å². The number of carbonyl (C=O) groups is 1. The Morgan fingerprint density at radius 1 is 1.71 bits per heavy atom. The lowest BCUT2D eigenvalue weighted by molar-refractivity contribution is 0.0910. The van der Waals surface area contributed by atoms with Gasteiger partial charge in [-0.25, -0.2) is 4.98 Å². The summed E-state index contributed by atoms with van der Waals surface area (Å²) in [5.41, 5.74) is 1.46. The monoisotopic (exact) mass is 253 g/mol. The quantitative estimate of drug-likeness (QED) is 0.860. The Balaban J connectivity index is 2.18. The van der Waals surface area contributed by atoms with Crippen molar-refractivity contribution in [2.75, 3.05) is 6.61 Å². The number of aromatic nitrogens is 2. The largest absolute Gasteiger partial charge is 0.394 e. The molecule has 5 nitrogen and oxygen atoms in total. The van der Waals surface area contributed by atoms with Gasteiger partial charge in [0.15, 0.2) is 4.96 Å².